The molecule has 1 amide bonds. The number of aliphatic hydroxyl groups is 1. The van der Waals surface area contributed by atoms with Crippen molar-refractivity contribution in [3.05, 3.63) is 0 Å². The third-order valence-electron chi connectivity index (χ3n) is 2.06. The van der Waals surface area contributed by atoms with Gasteiger partial charge in [-0.2, -0.15) is 0 Å². The second-order valence-corrected chi connectivity index (χ2v) is 5.23. The van der Waals surface area contributed by atoms with Gasteiger partial charge in [-0.25, -0.2) is 8.42 Å². The van der Waals surface area contributed by atoms with E-state index in [1.54, 1.807) is 0 Å². The van der Waals surface area contributed by atoms with Crippen LogP contribution in [0.25, 0.3) is 0 Å². The van der Waals surface area contributed by atoms with E-state index >= 15 is 0 Å². The monoisotopic (exact) mass is 222 g/mol. The highest BCUT2D eigenvalue weighted by Gasteiger charge is 2.29. The quantitative estimate of drug-likeness (QED) is 0.522. The minimum Gasteiger partial charge on any atom is -0.392 e. The van der Waals surface area contributed by atoms with Crippen LogP contribution >= 0.6 is 0 Å². The molecule has 0 saturated carbocycles. The second-order valence-electron chi connectivity index (χ2n) is 3.22. The van der Waals surface area contributed by atoms with Gasteiger partial charge < -0.3 is 10.4 Å². The van der Waals surface area contributed by atoms with Crippen LogP contribution in [-0.4, -0.2) is 43.9 Å². The molecule has 2 atom stereocenters. The summed E-state index contributed by atoms with van der Waals surface area (Å²) in [6, 6.07) is -0.605. The van der Waals surface area contributed by atoms with Crippen LogP contribution in [0.15, 0.2) is 0 Å². The Morgan fingerprint density at radius 3 is 2.71 bits per heavy atom. The lowest BCUT2D eigenvalue weighted by molar-refractivity contribution is -0.121. The summed E-state index contributed by atoms with van der Waals surface area (Å²) < 4.78 is 24.0. The number of β-amino-alcohol motifs (C(OH)–C–C–N with tert-alkyl or cyclic N) is 1. The SMILES string of the molecule is CCS(=O)(=O)NC(=O)C1CC(O)CN1. The summed E-state index contributed by atoms with van der Waals surface area (Å²) in [6.07, 6.45) is -0.319. The predicted octanol–water partition coefficient (Wildman–Crippen LogP) is -1.82. The van der Waals surface area contributed by atoms with Crippen LogP contribution in [0.2, 0.25) is 0 Å². The molecule has 0 spiro atoms. The van der Waals surface area contributed by atoms with E-state index in [4.69, 9.17) is 5.11 Å². The Morgan fingerprint density at radius 2 is 2.29 bits per heavy atom. The Labute approximate surface area is 82.7 Å². The van der Waals surface area contributed by atoms with Gasteiger partial charge >= 0.3 is 0 Å². The lowest BCUT2D eigenvalue weighted by atomic mass is 10.2. The molecular weight excluding hydrogens is 208 g/mol. The first-order chi connectivity index (χ1) is 6.44. The van der Waals surface area contributed by atoms with Crippen molar-refractivity contribution >= 4 is 15.9 Å². The molecule has 14 heavy (non-hydrogen) atoms. The molecular formula is C7H14N2O4S. The average molecular weight is 222 g/mol. The van der Waals surface area contributed by atoms with E-state index in [2.05, 4.69) is 5.32 Å². The molecule has 6 nitrogen and oxygen atoms in total. The summed E-state index contributed by atoms with van der Waals surface area (Å²) in [7, 11) is -3.49. The summed E-state index contributed by atoms with van der Waals surface area (Å²) in [5.41, 5.74) is 0. The molecule has 1 fully saturated rings. The van der Waals surface area contributed by atoms with Crippen molar-refractivity contribution in [2.75, 3.05) is 12.3 Å². The van der Waals surface area contributed by atoms with E-state index in [0.29, 0.717) is 6.54 Å². The van der Waals surface area contributed by atoms with Gasteiger partial charge in [0.2, 0.25) is 10.0 Å². The summed E-state index contributed by atoms with van der Waals surface area (Å²) in [5, 5.41) is 11.8. The summed E-state index contributed by atoms with van der Waals surface area (Å²) in [4.78, 5) is 11.3. The lowest BCUT2D eigenvalue weighted by Gasteiger charge is -2.09. The van der Waals surface area contributed by atoms with Crippen molar-refractivity contribution in [1.82, 2.24) is 10.0 Å². The van der Waals surface area contributed by atoms with Crippen LogP contribution < -0.4 is 10.0 Å². The molecule has 1 aliphatic rings. The minimum atomic E-state index is -3.49. The number of aliphatic hydroxyl groups excluding tert-OH is 1. The normalized spacial score (nSPS) is 27.6. The van der Waals surface area contributed by atoms with Gasteiger partial charge in [0, 0.05) is 6.54 Å². The van der Waals surface area contributed by atoms with Gasteiger partial charge in [-0.15, -0.1) is 0 Å². The largest absolute Gasteiger partial charge is 0.392 e. The molecule has 1 heterocycles. The molecule has 82 valence electrons. The fourth-order valence-corrected chi connectivity index (χ4v) is 1.81. The van der Waals surface area contributed by atoms with Crippen molar-refractivity contribution in [3.63, 3.8) is 0 Å². The van der Waals surface area contributed by atoms with Crippen molar-refractivity contribution < 1.29 is 18.3 Å². The molecule has 1 aliphatic heterocycles. The Hall–Kier alpha value is -0.660. The van der Waals surface area contributed by atoms with Gasteiger partial charge in [-0.05, 0) is 13.3 Å². The fourth-order valence-electron chi connectivity index (χ4n) is 1.21. The van der Waals surface area contributed by atoms with Gasteiger partial charge in [0.15, 0.2) is 0 Å². The van der Waals surface area contributed by atoms with Crippen LogP contribution in [0.5, 0.6) is 0 Å². The molecule has 1 saturated heterocycles. The number of amides is 1. The summed E-state index contributed by atoms with van der Waals surface area (Å²) in [5.74, 6) is -0.725. The molecule has 0 bridgehead atoms. The van der Waals surface area contributed by atoms with E-state index in [0.717, 1.165) is 0 Å². The maximum atomic E-state index is 11.3. The first kappa shape index (κ1) is 11.4. The lowest BCUT2D eigenvalue weighted by Crippen LogP contribution is -2.43. The number of hydrogen-bond acceptors (Lipinski definition) is 5. The fraction of sp³-hybridized carbons (Fsp3) is 0.857. The number of carbonyl (C=O) groups excluding carboxylic acids is 1. The summed E-state index contributed by atoms with van der Waals surface area (Å²) >= 11 is 0. The zero-order valence-corrected chi connectivity index (χ0v) is 8.67. The molecule has 2 unspecified atom stereocenters. The van der Waals surface area contributed by atoms with Gasteiger partial charge in [-0.1, -0.05) is 0 Å². The number of rotatable bonds is 3. The first-order valence-electron chi connectivity index (χ1n) is 4.40. The minimum absolute atomic E-state index is 0.131. The molecule has 7 heteroatoms. The molecule has 0 radical (unpaired) electrons. The van der Waals surface area contributed by atoms with Crippen LogP contribution in [0.3, 0.4) is 0 Å². The maximum Gasteiger partial charge on any atom is 0.250 e. The number of sulfonamides is 1. The molecule has 0 aromatic heterocycles. The number of nitrogens with one attached hydrogen (secondary N) is 2. The van der Waals surface area contributed by atoms with Gasteiger partial charge in [-0.3, -0.25) is 9.52 Å². The molecule has 3 N–H and O–H groups in total. The Bertz CT molecular complexity index is 314. The van der Waals surface area contributed by atoms with Crippen molar-refractivity contribution in [2.24, 2.45) is 0 Å². The predicted molar refractivity (Wildman–Crippen MR) is 50.0 cm³/mol. The number of hydrogen-bond donors (Lipinski definition) is 3. The molecule has 0 aromatic rings. The van der Waals surface area contributed by atoms with Crippen molar-refractivity contribution in [1.29, 1.82) is 0 Å². The Morgan fingerprint density at radius 1 is 1.64 bits per heavy atom. The van der Waals surface area contributed by atoms with Gasteiger partial charge in [0.25, 0.3) is 5.91 Å². The topological polar surface area (TPSA) is 95.5 Å². The van der Waals surface area contributed by atoms with E-state index < -0.39 is 28.1 Å². The van der Waals surface area contributed by atoms with E-state index in [9.17, 15) is 13.2 Å². The van der Waals surface area contributed by atoms with E-state index in [-0.39, 0.29) is 12.2 Å². The van der Waals surface area contributed by atoms with Crippen molar-refractivity contribution in [2.45, 2.75) is 25.5 Å². The van der Waals surface area contributed by atoms with E-state index in [1.807, 2.05) is 4.72 Å². The van der Waals surface area contributed by atoms with Crippen LogP contribution in [0.1, 0.15) is 13.3 Å². The third kappa shape index (κ3) is 2.93. The maximum absolute atomic E-state index is 11.3. The molecule has 1 rings (SSSR count). The first-order valence-corrected chi connectivity index (χ1v) is 6.05. The number of carbonyl (C=O) groups is 1. The van der Waals surface area contributed by atoms with Gasteiger partial charge in [0.05, 0.1) is 17.9 Å². The van der Waals surface area contributed by atoms with Crippen LogP contribution in [-0.2, 0) is 14.8 Å². The Balaban J connectivity index is 2.51. The second kappa shape index (κ2) is 4.24. The van der Waals surface area contributed by atoms with E-state index in [1.165, 1.54) is 6.92 Å². The molecule has 0 aliphatic carbocycles. The van der Waals surface area contributed by atoms with Crippen molar-refractivity contribution in [3.8, 4) is 0 Å². The van der Waals surface area contributed by atoms with Gasteiger partial charge in [0.1, 0.15) is 0 Å². The smallest absolute Gasteiger partial charge is 0.250 e. The molecule has 0 aromatic carbocycles. The highest BCUT2D eigenvalue weighted by Crippen LogP contribution is 2.06. The third-order valence-corrected chi connectivity index (χ3v) is 3.33. The highest BCUT2D eigenvalue weighted by atomic mass is 32.2. The highest BCUT2D eigenvalue weighted by molar-refractivity contribution is 7.90. The summed E-state index contributed by atoms with van der Waals surface area (Å²) in [6.45, 7) is 1.77. The standard InChI is InChI=1S/C7H14N2O4S/c1-2-14(12,13)9-7(11)6-3-5(10)4-8-6/h5-6,8,10H,2-4H2,1H3,(H,9,11). The van der Waals surface area contributed by atoms with Crippen LogP contribution in [0, 0.1) is 0 Å². The zero-order chi connectivity index (χ0) is 10.8. The Kier molecular flexibility index (Phi) is 3.46. The van der Waals surface area contributed by atoms with Crippen LogP contribution in [0.4, 0.5) is 0 Å². The zero-order valence-electron chi connectivity index (χ0n) is 7.86. The average Bonchev–Trinajstić information content (AvgIpc) is 2.51.